The summed E-state index contributed by atoms with van der Waals surface area (Å²) in [6.45, 7) is 6.12. The Morgan fingerprint density at radius 1 is 1.21 bits per heavy atom. The zero-order chi connectivity index (χ0) is 14.1. The van der Waals surface area contributed by atoms with Crippen LogP contribution < -0.4 is 10.6 Å². The van der Waals surface area contributed by atoms with Crippen molar-refractivity contribution in [1.82, 2.24) is 10.6 Å². The topological polar surface area (TPSA) is 45.7 Å². The molecule has 2 N–H and O–H groups in total. The van der Waals surface area contributed by atoms with Gasteiger partial charge in [0.05, 0.1) is 6.54 Å². The van der Waals surface area contributed by atoms with Crippen LogP contribution in [0.3, 0.4) is 0 Å². The Morgan fingerprint density at radius 3 is 2.26 bits per heavy atom. The van der Waals surface area contributed by atoms with Crippen LogP contribution in [0, 0.1) is 5.82 Å². The number of guanidine groups is 1. The highest BCUT2D eigenvalue weighted by atomic mass is 19.1. The smallest absolute Gasteiger partial charge is 0.191 e. The molecule has 106 valence electrons. The molecule has 0 saturated heterocycles. The molecule has 5 heteroatoms. The van der Waals surface area contributed by atoms with Crippen molar-refractivity contribution >= 4 is 5.96 Å². The average Bonchev–Trinajstić information content (AvgIpc) is 2.41. The van der Waals surface area contributed by atoms with Crippen molar-refractivity contribution in [2.45, 2.75) is 20.0 Å². The molecule has 0 bridgehead atoms. The number of halogens is 1. The molecule has 0 aliphatic rings. The summed E-state index contributed by atoms with van der Waals surface area (Å²) in [6, 6.07) is 6.31. The van der Waals surface area contributed by atoms with E-state index in [1.54, 1.807) is 19.2 Å². The third-order valence-corrected chi connectivity index (χ3v) is 2.63. The molecule has 0 spiro atoms. The van der Waals surface area contributed by atoms with Crippen molar-refractivity contribution in [2.75, 3.05) is 26.7 Å². The van der Waals surface area contributed by atoms with Gasteiger partial charge in [0.15, 0.2) is 5.96 Å². The van der Waals surface area contributed by atoms with Crippen molar-refractivity contribution in [1.29, 1.82) is 0 Å². The monoisotopic (exact) mass is 267 g/mol. The molecule has 0 radical (unpaired) electrons. The van der Waals surface area contributed by atoms with Gasteiger partial charge in [-0.05, 0) is 31.5 Å². The number of nitrogens with zero attached hydrogens (tertiary/aromatic N) is 1. The number of ether oxygens (including phenoxy) is 1. The van der Waals surface area contributed by atoms with E-state index in [1.807, 2.05) is 13.8 Å². The van der Waals surface area contributed by atoms with E-state index < -0.39 is 0 Å². The SMILES string of the molecule is CCNC(=NCC(OC)c1ccc(F)cc1)NCC. The summed E-state index contributed by atoms with van der Waals surface area (Å²) >= 11 is 0. The molecule has 0 aromatic heterocycles. The lowest BCUT2D eigenvalue weighted by atomic mass is 10.1. The maximum Gasteiger partial charge on any atom is 0.191 e. The highest BCUT2D eigenvalue weighted by Gasteiger charge is 2.10. The van der Waals surface area contributed by atoms with E-state index in [2.05, 4.69) is 15.6 Å². The number of aliphatic imine (C=N–C) groups is 1. The lowest BCUT2D eigenvalue weighted by Gasteiger charge is -2.15. The first-order chi connectivity index (χ1) is 9.21. The Hall–Kier alpha value is -1.62. The maximum absolute atomic E-state index is 12.9. The van der Waals surface area contributed by atoms with Gasteiger partial charge in [0, 0.05) is 20.2 Å². The first-order valence-electron chi connectivity index (χ1n) is 6.51. The molecule has 4 nitrogen and oxygen atoms in total. The van der Waals surface area contributed by atoms with Gasteiger partial charge in [-0.1, -0.05) is 12.1 Å². The molecule has 0 aliphatic carbocycles. The Kier molecular flexibility index (Phi) is 6.89. The van der Waals surface area contributed by atoms with Gasteiger partial charge in [-0.15, -0.1) is 0 Å². The summed E-state index contributed by atoms with van der Waals surface area (Å²) in [5.74, 6) is 0.511. The number of methoxy groups -OCH3 is 1. The summed E-state index contributed by atoms with van der Waals surface area (Å²) in [6.07, 6.45) is -0.173. The van der Waals surface area contributed by atoms with Crippen molar-refractivity contribution in [2.24, 2.45) is 4.99 Å². The van der Waals surface area contributed by atoms with Crippen molar-refractivity contribution in [3.63, 3.8) is 0 Å². The van der Waals surface area contributed by atoms with E-state index in [-0.39, 0.29) is 11.9 Å². The van der Waals surface area contributed by atoms with Crippen molar-refractivity contribution < 1.29 is 9.13 Å². The minimum absolute atomic E-state index is 0.173. The fourth-order valence-electron chi connectivity index (χ4n) is 1.68. The first-order valence-corrected chi connectivity index (χ1v) is 6.51. The summed E-state index contributed by atoms with van der Waals surface area (Å²) in [5.41, 5.74) is 0.917. The van der Waals surface area contributed by atoms with Crippen LogP contribution in [0.2, 0.25) is 0 Å². The third kappa shape index (κ3) is 5.26. The van der Waals surface area contributed by atoms with Crippen LogP contribution in [0.1, 0.15) is 25.5 Å². The molecule has 0 heterocycles. The summed E-state index contributed by atoms with van der Waals surface area (Å²) < 4.78 is 18.3. The Balaban J connectivity index is 2.70. The zero-order valence-electron chi connectivity index (χ0n) is 11.7. The van der Waals surface area contributed by atoms with E-state index in [9.17, 15) is 4.39 Å². The van der Waals surface area contributed by atoms with E-state index in [0.717, 1.165) is 24.6 Å². The van der Waals surface area contributed by atoms with Crippen LogP contribution in [-0.4, -0.2) is 32.7 Å². The fraction of sp³-hybridized carbons (Fsp3) is 0.500. The molecule has 0 aliphatic heterocycles. The molecule has 19 heavy (non-hydrogen) atoms. The normalized spacial score (nSPS) is 11.8. The lowest BCUT2D eigenvalue weighted by Crippen LogP contribution is -2.37. The quantitative estimate of drug-likeness (QED) is 0.613. The summed E-state index contributed by atoms with van der Waals surface area (Å²) in [7, 11) is 1.63. The zero-order valence-corrected chi connectivity index (χ0v) is 11.7. The summed E-state index contributed by atoms with van der Waals surface area (Å²) in [4.78, 5) is 4.45. The van der Waals surface area contributed by atoms with Crippen LogP contribution in [0.5, 0.6) is 0 Å². The fourth-order valence-corrected chi connectivity index (χ4v) is 1.68. The molecular formula is C14H22FN3O. The van der Waals surface area contributed by atoms with Crippen LogP contribution in [-0.2, 0) is 4.74 Å². The minimum atomic E-state index is -0.247. The van der Waals surface area contributed by atoms with Gasteiger partial charge < -0.3 is 15.4 Å². The molecule has 1 atom stereocenters. The van der Waals surface area contributed by atoms with Crippen LogP contribution in [0.25, 0.3) is 0 Å². The minimum Gasteiger partial charge on any atom is -0.375 e. The molecule has 1 unspecified atom stereocenters. The van der Waals surface area contributed by atoms with Gasteiger partial charge >= 0.3 is 0 Å². The first kappa shape index (κ1) is 15.4. The Morgan fingerprint density at radius 2 is 1.79 bits per heavy atom. The lowest BCUT2D eigenvalue weighted by molar-refractivity contribution is 0.111. The number of rotatable bonds is 6. The second kappa shape index (κ2) is 8.48. The standard InChI is InChI=1S/C14H22FN3O/c1-4-16-14(17-5-2)18-10-13(19-3)11-6-8-12(15)9-7-11/h6-9,13H,4-5,10H2,1-3H3,(H2,16,17,18). The predicted molar refractivity (Wildman–Crippen MR) is 75.8 cm³/mol. The van der Waals surface area contributed by atoms with Gasteiger partial charge in [0.1, 0.15) is 11.9 Å². The molecule has 0 amide bonds. The van der Waals surface area contributed by atoms with Crippen LogP contribution in [0.15, 0.2) is 29.3 Å². The third-order valence-electron chi connectivity index (χ3n) is 2.63. The van der Waals surface area contributed by atoms with Crippen molar-refractivity contribution in [3.8, 4) is 0 Å². The molecule has 0 saturated carbocycles. The number of nitrogens with one attached hydrogen (secondary N) is 2. The Labute approximate surface area is 114 Å². The van der Waals surface area contributed by atoms with Crippen LogP contribution in [0.4, 0.5) is 4.39 Å². The molecular weight excluding hydrogens is 245 g/mol. The van der Waals surface area contributed by atoms with Crippen LogP contribution >= 0.6 is 0 Å². The van der Waals surface area contributed by atoms with E-state index in [0.29, 0.717) is 6.54 Å². The van der Waals surface area contributed by atoms with Gasteiger partial charge in [-0.25, -0.2) is 4.39 Å². The number of hydrogen-bond acceptors (Lipinski definition) is 2. The number of hydrogen-bond donors (Lipinski definition) is 2. The Bertz CT molecular complexity index is 384. The second-order valence-electron chi connectivity index (χ2n) is 4.03. The maximum atomic E-state index is 12.9. The highest BCUT2D eigenvalue weighted by molar-refractivity contribution is 5.79. The largest absolute Gasteiger partial charge is 0.375 e. The molecule has 1 aromatic carbocycles. The van der Waals surface area contributed by atoms with E-state index in [4.69, 9.17) is 4.74 Å². The van der Waals surface area contributed by atoms with Gasteiger partial charge in [-0.2, -0.15) is 0 Å². The predicted octanol–water partition coefficient (Wildman–Crippen LogP) is 2.09. The molecule has 1 rings (SSSR count). The van der Waals surface area contributed by atoms with Crippen molar-refractivity contribution in [3.05, 3.63) is 35.6 Å². The van der Waals surface area contributed by atoms with E-state index >= 15 is 0 Å². The molecule has 0 fully saturated rings. The second-order valence-corrected chi connectivity index (χ2v) is 4.03. The summed E-state index contributed by atoms with van der Waals surface area (Å²) in [5, 5.41) is 6.29. The molecule has 1 aromatic rings. The van der Waals surface area contributed by atoms with Gasteiger partial charge in [-0.3, -0.25) is 4.99 Å². The van der Waals surface area contributed by atoms with E-state index in [1.165, 1.54) is 12.1 Å². The highest BCUT2D eigenvalue weighted by Crippen LogP contribution is 2.17. The van der Waals surface area contributed by atoms with Gasteiger partial charge in [0.25, 0.3) is 0 Å². The van der Waals surface area contributed by atoms with Gasteiger partial charge in [0.2, 0.25) is 0 Å². The number of benzene rings is 1. The average molecular weight is 267 g/mol.